The molecule has 1 unspecified atom stereocenters. The van der Waals surface area contributed by atoms with Crippen molar-refractivity contribution >= 4 is 9.84 Å². The van der Waals surface area contributed by atoms with Crippen molar-refractivity contribution in [2.45, 2.75) is 38.4 Å². The first-order valence-electron chi connectivity index (χ1n) is 5.44. The van der Waals surface area contributed by atoms with Crippen LogP contribution in [0, 0.1) is 16.7 Å². The van der Waals surface area contributed by atoms with Crippen LogP contribution in [0.5, 0.6) is 0 Å². The predicted molar refractivity (Wildman–Crippen MR) is 61.6 cm³/mol. The van der Waals surface area contributed by atoms with Crippen LogP contribution in [0.25, 0.3) is 0 Å². The molecule has 0 spiro atoms. The Labute approximate surface area is 97.5 Å². The van der Waals surface area contributed by atoms with Crippen molar-refractivity contribution in [3.05, 3.63) is 0 Å². The predicted octanol–water partition coefficient (Wildman–Crippen LogP) is 1.52. The molecule has 4 nitrogen and oxygen atoms in total. The fourth-order valence-corrected chi connectivity index (χ4v) is 2.86. The average Bonchev–Trinajstić information content (AvgIpc) is 2.62. The summed E-state index contributed by atoms with van der Waals surface area (Å²) in [5, 5.41) is 9.09. The van der Waals surface area contributed by atoms with E-state index in [2.05, 4.69) is 6.07 Å². The summed E-state index contributed by atoms with van der Waals surface area (Å²) >= 11 is 0. The van der Waals surface area contributed by atoms with Gasteiger partial charge in [-0.3, -0.25) is 0 Å². The minimum Gasteiger partial charge on any atom is -0.380 e. The van der Waals surface area contributed by atoms with Gasteiger partial charge in [0.2, 0.25) is 0 Å². The Balaban J connectivity index is 2.68. The van der Waals surface area contributed by atoms with Gasteiger partial charge in [0.15, 0.2) is 9.84 Å². The molecule has 1 fully saturated rings. The van der Waals surface area contributed by atoms with Crippen molar-refractivity contribution in [2.75, 3.05) is 19.0 Å². The van der Waals surface area contributed by atoms with Crippen LogP contribution in [0.1, 0.15) is 33.6 Å². The topological polar surface area (TPSA) is 67.2 Å². The molecule has 1 rings (SSSR count). The average molecular weight is 245 g/mol. The van der Waals surface area contributed by atoms with E-state index in [4.69, 9.17) is 10.00 Å². The van der Waals surface area contributed by atoms with Gasteiger partial charge < -0.3 is 4.74 Å². The Morgan fingerprint density at radius 3 is 2.44 bits per heavy atom. The Morgan fingerprint density at radius 2 is 2.06 bits per heavy atom. The lowest BCUT2D eigenvalue weighted by Gasteiger charge is -2.23. The highest BCUT2D eigenvalue weighted by atomic mass is 32.2. The lowest BCUT2D eigenvalue weighted by atomic mass is 9.86. The van der Waals surface area contributed by atoms with E-state index in [0.29, 0.717) is 26.1 Å². The molecule has 1 heterocycles. The Kier molecular flexibility index (Phi) is 3.65. The number of nitrogens with zero attached hydrogens (tertiary/aromatic N) is 1. The van der Waals surface area contributed by atoms with Crippen molar-refractivity contribution in [3.63, 3.8) is 0 Å². The van der Waals surface area contributed by atoms with Gasteiger partial charge in [-0.15, -0.1) is 0 Å². The van der Waals surface area contributed by atoms with Gasteiger partial charge in [0, 0.05) is 6.61 Å². The molecule has 1 aliphatic rings. The summed E-state index contributed by atoms with van der Waals surface area (Å²) in [4.78, 5) is 0. The van der Waals surface area contributed by atoms with E-state index >= 15 is 0 Å². The van der Waals surface area contributed by atoms with Crippen LogP contribution in [0.2, 0.25) is 0 Å². The molecule has 0 aromatic rings. The molecule has 0 aromatic carbocycles. The van der Waals surface area contributed by atoms with E-state index in [9.17, 15) is 8.42 Å². The molecule has 0 amide bonds. The third-order valence-corrected chi connectivity index (χ3v) is 5.73. The van der Waals surface area contributed by atoms with Gasteiger partial charge in [0.1, 0.15) is 0 Å². The monoisotopic (exact) mass is 245 g/mol. The van der Waals surface area contributed by atoms with E-state index in [0.717, 1.165) is 0 Å². The Bertz CT molecular complexity index is 380. The molecule has 0 aliphatic carbocycles. The zero-order valence-corrected chi connectivity index (χ0v) is 10.9. The molecular formula is C11H19NO3S. The van der Waals surface area contributed by atoms with Crippen LogP contribution in [-0.4, -0.2) is 32.1 Å². The highest BCUT2D eigenvalue weighted by molar-refractivity contribution is 7.92. The van der Waals surface area contributed by atoms with Crippen molar-refractivity contribution in [1.82, 2.24) is 0 Å². The molecule has 16 heavy (non-hydrogen) atoms. The number of hydrogen-bond acceptors (Lipinski definition) is 4. The van der Waals surface area contributed by atoms with Gasteiger partial charge in [-0.05, 0) is 33.6 Å². The minimum absolute atomic E-state index is 0.0629. The van der Waals surface area contributed by atoms with Crippen molar-refractivity contribution in [2.24, 2.45) is 5.41 Å². The maximum atomic E-state index is 11.9. The summed E-state index contributed by atoms with van der Waals surface area (Å²) in [7, 11) is -3.14. The third-order valence-electron chi connectivity index (χ3n) is 3.12. The van der Waals surface area contributed by atoms with Crippen LogP contribution < -0.4 is 0 Å². The van der Waals surface area contributed by atoms with E-state index < -0.39 is 20.0 Å². The van der Waals surface area contributed by atoms with Gasteiger partial charge in [-0.25, -0.2) is 8.42 Å². The maximum absolute atomic E-state index is 11.9. The summed E-state index contributed by atoms with van der Waals surface area (Å²) in [6.07, 6.45) is 1.02. The van der Waals surface area contributed by atoms with Crippen LogP contribution in [0.3, 0.4) is 0 Å². The van der Waals surface area contributed by atoms with Crippen molar-refractivity contribution < 1.29 is 13.2 Å². The second-order valence-electron chi connectivity index (χ2n) is 5.38. The van der Waals surface area contributed by atoms with E-state index in [1.54, 1.807) is 20.8 Å². The zero-order valence-electron chi connectivity index (χ0n) is 10.1. The molecule has 0 N–H and O–H groups in total. The van der Waals surface area contributed by atoms with Gasteiger partial charge >= 0.3 is 0 Å². The van der Waals surface area contributed by atoms with Crippen LogP contribution in [0.4, 0.5) is 0 Å². The molecule has 1 aliphatic heterocycles. The second-order valence-corrected chi connectivity index (χ2v) is 8.24. The fraction of sp³-hybridized carbons (Fsp3) is 0.909. The number of rotatable bonds is 3. The SMILES string of the molecule is CC(C)(C)S(=O)(=O)CCC1(C#N)CCOC1. The number of sulfone groups is 1. The first kappa shape index (κ1) is 13.5. The number of hydrogen-bond donors (Lipinski definition) is 0. The molecule has 0 aromatic heterocycles. The second kappa shape index (κ2) is 4.34. The summed E-state index contributed by atoms with van der Waals surface area (Å²) in [6.45, 7) is 5.98. The van der Waals surface area contributed by atoms with Gasteiger partial charge in [0.05, 0.1) is 28.6 Å². The Morgan fingerprint density at radius 1 is 1.44 bits per heavy atom. The third kappa shape index (κ3) is 2.74. The van der Waals surface area contributed by atoms with Crippen LogP contribution in [0.15, 0.2) is 0 Å². The van der Waals surface area contributed by atoms with E-state index in [1.165, 1.54) is 0 Å². The highest BCUT2D eigenvalue weighted by Gasteiger charge is 2.38. The highest BCUT2D eigenvalue weighted by Crippen LogP contribution is 2.33. The molecule has 0 radical (unpaired) electrons. The molecule has 0 saturated carbocycles. The van der Waals surface area contributed by atoms with E-state index in [1.807, 2.05) is 0 Å². The number of nitriles is 1. The summed E-state index contributed by atoms with van der Waals surface area (Å²) in [5.41, 5.74) is -0.585. The van der Waals surface area contributed by atoms with Gasteiger partial charge in [0.25, 0.3) is 0 Å². The lowest BCUT2D eigenvalue weighted by Crippen LogP contribution is -2.33. The molecule has 1 saturated heterocycles. The van der Waals surface area contributed by atoms with E-state index in [-0.39, 0.29) is 5.75 Å². The van der Waals surface area contributed by atoms with Crippen LogP contribution >= 0.6 is 0 Å². The summed E-state index contributed by atoms with van der Waals surface area (Å²) in [5.74, 6) is 0.0629. The van der Waals surface area contributed by atoms with Gasteiger partial charge in [-0.2, -0.15) is 5.26 Å². The quantitative estimate of drug-likeness (QED) is 0.756. The zero-order chi connectivity index (χ0) is 12.4. The molecule has 0 bridgehead atoms. The van der Waals surface area contributed by atoms with Crippen LogP contribution in [-0.2, 0) is 14.6 Å². The molecule has 92 valence electrons. The lowest BCUT2D eigenvalue weighted by molar-refractivity contribution is 0.170. The first-order valence-corrected chi connectivity index (χ1v) is 7.09. The normalized spacial score (nSPS) is 26.6. The summed E-state index contributed by atoms with van der Waals surface area (Å²) < 4.78 is 28.3. The Hall–Kier alpha value is -0.600. The first-order chi connectivity index (χ1) is 7.22. The van der Waals surface area contributed by atoms with Crippen molar-refractivity contribution in [3.8, 4) is 6.07 Å². The smallest absolute Gasteiger partial charge is 0.155 e. The maximum Gasteiger partial charge on any atom is 0.155 e. The largest absolute Gasteiger partial charge is 0.380 e. The molecular weight excluding hydrogens is 226 g/mol. The molecule has 1 atom stereocenters. The minimum atomic E-state index is -3.14. The van der Waals surface area contributed by atoms with Gasteiger partial charge in [-0.1, -0.05) is 0 Å². The summed E-state index contributed by atoms with van der Waals surface area (Å²) in [6, 6.07) is 2.21. The standard InChI is InChI=1S/C11H19NO3S/c1-10(2,3)16(13,14)7-5-11(8-12)4-6-15-9-11/h4-7,9H2,1-3H3. The molecule has 5 heteroatoms. The van der Waals surface area contributed by atoms with Crippen molar-refractivity contribution in [1.29, 1.82) is 5.26 Å². The fourth-order valence-electron chi connectivity index (χ4n) is 1.58. The number of ether oxygens (including phenoxy) is 1.